The largest absolute Gasteiger partial charge is 0.439 e. The summed E-state index contributed by atoms with van der Waals surface area (Å²) in [5.74, 6) is -0.337. The summed E-state index contributed by atoms with van der Waals surface area (Å²) in [6, 6.07) is 5.20. The van der Waals surface area contributed by atoms with Gasteiger partial charge in [-0.2, -0.15) is 0 Å². The molecule has 1 unspecified atom stereocenters. The van der Waals surface area contributed by atoms with Crippen molar-refractivity contribution in [1.82, 2.24) is 9.80 Å². The molecule has 1 atom stereocenters. The van der Waals surface area contributed by atoms with Gasteiger partial charge in [0.05, 0.1) is 6.04 Å². The quantitative estimate of drug-likeness (QED) is 0.903. The molecule has 2 heterocycles. The molecule has 1 aromatic carbocycles. The first-order valence-corrected chi connectivity index (χ1v) is 7.57. The minimum Gasteiger partial charge on any atom is -0.439 e. The SMILES string of the molecule is Cc1ccc(NC(=O)N2CCC(N3C(=O)COC3=O)C2)cc1C. The van der Waals surface area contributed by atoms with Crippen molar-refractivity contribution in [2.24, 2.45) is 0 Å². The minimum atomic E-state index is -0.614. The molecule has 2 fully saturated rings. The maximum Gasteiger partial charge on any atom is 0.417 e. The number of aryl methyl sites for hydroxylation is 2. The van der Waals surface area contributed by atoms with Crippen LogP contribution in [0.4, 0.5) is 15.3 Å². The summed E-state index contributed by atoms with van der Waals surface area (Å²) in [7, 11) is 0. The molecule has 3 rings (SSSR count). The van der Waals surface area contributed by atoms with E-state index in [2.05, 4.69) is 5.32 Å². The van der Waals surface area contributed by atoms with E-state index in [-0.39, 0.29) is 24.6 Å². The Labute approximate surface area is 134 Å². The summed E-state index contributed by atoms with van der Waals surface area (Å²) in [6.45, 7) is 4.62. The number of cyclic esters (lactones) is 1. The van der Waals surface area contributed by atoms with Gasteiger partial charge in [0, 0.05) is 18.8 Å². The van der Waals surface area contributed by atoms with Crippen molar-refractivity contribution in [1.29, 1.82) is 0 Å². The minimum absolute atomic E-state index is 0.204. The summed E-state index contributed by atoms with van der Waals surface area (Å²) in [4.78, 5) is 38.3. The average Bonchev–Trinajstić information content (AvgIpc) is 3.10. The topological polar surface area (TPSA) is 79.0 Å². The van der Waals surface area contributed by atoms with Gasteiger partial charge in [-0.3, -0.25) is 4.79 Å². The third-order valence-corrected chi connectivity index (χ3v) is 4.36. The van der Waals surface area contributed by atoms with Gasteiger partial charge in [-0.1, -0.05) is 6.07 Å². The van der Waals surface area contributed by atoms with E-state index in [9.17, 15) is 14.4 Å². The Morgan fingerprint density at radius 1 is 1.26 bits per heavy atom. The molecule has 0 radical (unpaired) electrons. The number of carbonyl (C=O) groups excluding carboxylic acids is 3. The molecular formula is C16H19N3O4. The van der Waals surface area contributed by atoms with Crippen LogP contribution in [0.15, 0.2) is 18.2 Å². The molecule has 2 aliphatic heterocycles. The number of nitrogens with one attached hydrogen (secondary N) is 1. The fourth-order valence-electron chi connectivity index (χ4n) is 2.88. The highest BCUT2D eigenvalue weighted by Crippen LogP contribution is 2.21. The van der Waals surface area contributed by atoms with E-state index in [1.807, 2.05) is 32.0 Å². The average molecular weight is 317 g/mol. The van der Waals surface area contributed by atoms with Gasteiger partial charge in [0.2, 0.25) is 0 Å². The lowest BCUT2D eigenvalue weighted by atomic mass is 10.1. The van der Waals surface area contributed by atoms with Crippen LogP contribution in [0.25, 0.3) is 0 Å². The van der Waals surface area contributed by atoms with Crippen LogP contribution in [0.1, 0.15) is 17.5 Å². The Kier molecular flexibility index (Phi) is 3.94. The molecule has 23 heavy (non-hydrogen) atoms. The third kappa shape index (κ3) is 2.99. The first-order chi connectivity index (χ1) is 11.0. The van der Waals surface area contributed by atoms with Gasteiger partial charge in [-0.05, 0) is 43.5 Å². The third-order valence-electron chi connectivity index (χ3n) is 4.36. The number of likely N-dealkylation sites (tertiary alicyclic amines) is 1. The van der Waals surface area contributed by atoms with Gasteiger partial charge in [0.1, 0.15) is 0 Å². The predicted molar refractivity (Wildman–Crippen MR) is 83.1 cm³/mol. The van der Waals surface area contributed by atoms with Crippen molar-refractivity contribution >= 4 is 23.7 Å². The second-order valence-corrected chi connectivity index (χ2v) is 5.94. The van der Waals surface area contributed by atoms with E-state index >= 15 is 0 Å². The van der Waals surface area contributed by atoms with Crippen molar-refractivity contribution < 1.29 is 19.1 Å². The Bertz CT molecular complexity index is 657. The smallest absolute Gasteiger partial charge is 0.417 e. The van der Waals surface area contributed by atoms with Crippen LogP contribution >= 0.6 is 0 Å². The van der Waals surface area contributed by atoms with Crippen molar-refractivity contribution in [3.05, 3.63) is 29.3 Å². The highest BCUT2D eigenvalue weighted by atomic mass is 16.6. The molecule has 0 aromatic heterocycles. The van der Waals surface area contributed by atoms with Crippen molar-refractivity contribution in [3.8, 4) is 0 Å². The lowest BCUT2D eigenvalue weighted by molar-refractivity contribution is -0.127. The molecule has 0 bridgehead atoms. The number of nitrogens with zero attached hydrogens (tertiary/aromatic N) is 2. The molecule has 2 aliphatic rings. The monoisotopic (exact) mass is 317 g/mol. The van der Waals surface area contributed by atoms with Crippen LogP contribution in [-0.4, -0.2) is 53.6 Å². The zero-order valence-electron chi connectivity index (χ0n) is 13.2. The van der Waals surface area contributed by atoms with Crippen molar-refractivity contribution in [2.75, 3.05) is 25.0 Å². The van der Waals surface area contributed by atoms with Crippen LogP contribution in [0, 0.1) is 13.8 Å². The van der Waals surface area contributed by atoms with Gasteiger partial charge < -0.3 is 15.0 Å². The second kappa shape index (κ2) is 5.91. The molecule has 2 saturated heterocycles. The summed E-state index contributed by atoms with van der Waals surface area (Å²) in [6.07, 6.45) is -0.0438. The van der Waals surface area contributed by atoms with Gasteiger partial charge in [-0.25, -0.2) is 14.5 Å². The van der Waals surface area contributed by atoms with E-state index in [4.69, 9.17) is 4.74 Å². The lowest BCUT2D eigenvalue weighted by Crippen LogP contribution is -2.42. The lowest BCUT2D eigenvalue weighted by Gasteiger charge is -2.21. The number of hydrogen-bond acceptors (Lipinski definition) is 4. The number of ether oxygens (including phenoxy) is 1. The van der Waals surface area contributed by atoms with Crippen LogP contribution < -0.4 is 5.32 Å². The Morgan fingerprint density at radius 3 is 2.70 bits per heavy atom. The van der Waals surface area contributed by atoms with Gasteiger partial charge in [-0.15, -0.1) is 0 Å². The molecule has 1 N–H and O–H groups in total. The second-order valence-electron chi connectivity index (χ2n) is 5.94. The first kappa shape index (κ1) is 15.3. The van der Waals surface area contributed by atoms with Gasteiger partial charge in [0.25, 0.3) is 5.91 Å². The molecule has 0 aliphatic carbocycles. The number of benzene rings is 1. The normalized spacial score (nSPS) is 20.9. The number of urea groups is 1. The summed E-state index contributed by atoms with van der Waals surface area (Å²) in [5, 5.41) is 2.85. The Hall–Kier alpha value is -2.57. The first-order valence-electron chi connectivity index (χ1n) is 7.57. The highest BCUT2D eigenvalue weighted by molar-refractivity contribution is 5.98. The maximum absolute atomic E-state index is 12.3. The Balaban J connectivity index is 1.62. The number of carbonyl (C=O) groups is 3. The number of rotatable bonds is 2. The summed E-state index contributed by atoms with van der Waals surface area (Å²) in [5.41, 5.74) is 3.00. The molecule has 0 spiro atoms. The van der Waals surface area contributed by atoms with Crippen LogP contribution in [0.2, 0.25) is 0 Å². The fourth-order valence-corrected chi connectivity index (χ4v) is 2.88. The predicted octanol–water partition coefficient (Wildman–Crippen LogP) is 1.89. The van der Waals surface area contributed by atoms with E-state index in [1.165, 1.54) is 0 Å². The summed E-state index contributed by atoms with van der Waals surface area (Å²) >= 11 is 0. The standard InChI is InChI=1S/C16H19N3O4/c1-10-3-4-12(7-11(10)2)17-15(21)18-6-5-13(8-18)19-14(20)9-23-16(19)22/h3-4,7,13H,5-6,8-9H2,1-2H3,(H,17,21). The zero-order chi connectivity index (χ0) is 16.6. The molecule has 0 saturated carbocycles. The van der Waals surface area contributed by atoms with Crippen molar-refractivity contribution in [2.45, 2.75) is 26.3 Å². The van der Waals surface area contributed by atoms with E-state index in [1.54, 1.807) is 4.90 Å². The van der Waals surface area contributed by atoms with Crippen LogP contribution in [0.5, 0.6) is 0 Å². The number of amides is 4. The van der Waals surface area contributed by atoms with E-state index < -0.39 is 6.09 Å². The summed E-state index contributed by atoms with van der Waals surface area (Å²) < 4.78 is 4.72. The van der Waals surface area contributed by atoms with E-state index in [0.29, 0.717) is 19.5 Å². The fraction of sp³-hybridized carbons (Fsp3) is 0.438. The number of anilines is 1. The maximum atomic E-state index is 12.3. The van der Waals surface area contributed by atoms with Gasteiger partial charge >= 0.3 is 12.1 Å². The molecule has 4 amide bonds. The van der Waals surface area contributed by atoms with E-state index in [0.717, 1.165) is 21.7 Å². The highest BCUT2D eigenvalue weighted by Gasteiger charge is 2.41. The molecule has 7 nitrogen and oxygen atoms in total. The molecule has 1 aromatic rings. The number of hydrogen-bond donors (Lipinski definition) is 1. The zero-order valence-corrected chi connectivity index (χ0v) is 13.2. The molecular weight excluding hydrogens is 298 g/mol. The van der Waals surface area contributed by atoms with Crippen molar-refractivity contribution in [3.63, 3.8) is 0 Å². The van der Waals surface area contributed by atoms with Gasteiger partial charge in [0.15, 0.2) is 6.61 Å². The Morgan fingerprint density at radius 2 is 2.04 bits per heavy atom. The number of imide groups is 1. The van der Waals surface area contributed by atoms with Crippen LogP contribution in [-0.2, 0) is 9.53 Å². The molecule has 122 valence electrons. The van der Waals surface area contributed by atoms with Crippen LogP contribution in [0.3, 0.4) is 0 Å². The molecule has 7 heteroatoms.